The summed E-state index contributed by atoms with van der Waals surface area (Å²) < 4.78 is 6.10. The van der Waals surface area contributed by atoms with Gasteiger partial charge in [-0.05, 0) is 28.3 Å². The van der Waals surface area contributed by atoms with E-state index in [-0.39, 0.29) is 11.8 Å². The lowest BCUT2D eigenvalue weighted by Gasteiger charge is -2.37. The minimum atomic E-state index is -0.396. The standard InChI is InChI=1S/C12H16BrN3O3/c1-8-3-4-15(7-11(8)19-2)12-9(13)5-14-6-10(12)16(17)18/h5-6,8,11H,3-4,7H2,1-2H3. The molecule has 0 bridgehead atoms. The number of methoxy groups -OCH3 is 1. The smallest absolute Gasteiger partial charge is 0.311 e. The van der Waals surface area contributed by atoms with Gasteiger partial charge in [0.1, 0.15) is 11.9 Å². The molecule has 0 saturated carbocycles. The number of aromatic nitrogens is 1. The largest absolute Gasteiger partial charge is 0.379 e. The molecule has 0 radical (unpaired) electrons. The molecule has 1 aromatic heterocycles. The van der Waals surface area contributed by atoms with Gasteiger partial charge in [-0.3, -0.25) is 15.1 Å². The summed E-state index contributed by atoms with van der Waals surface area (Å²) in [6.07, 6.45) is 3.92. The van der Waals surface area contributed by atoms with Gasteiger partial charge in [0.25, 0.3) is 0 Å². The van der Waals surface area contributed by atoms with E-state index < -0.39 is 4.92 Å². The molecule has 1 aliphatic heterocycles. The topological polar surface area (TPSA) is 68.5 Å². The molecule has 104 valence electrons. The Morgan fingerprint density at radius 1 is 1.58 bits per heavy atom. The zero-order valence-corrected chi connectivity index (χ0v) is 12.5. The van der Waals surface area contributed by atoms with Crippen LogP contribution in [0.1, 0.15) is 13.3 Å². The Kier molecular flexibility index (Phi) is 4.36. The van der Waals surface area contributed by atoms with E-state index in [9.17, 15) is 10.1 Å². The summed E-state index contributed by atoms with van der Waals surface area (Å²) in [5, 5.41) is 11.1. The Hall–Kier alpha value is -1.21. The fourth-order valence-corrected chi connectivity index (χ4v) is 2.98. The zero-order valence-electron chi connectivity index (χ0n) is 10.9. The number of anilines is 1. The molecule has 2 rings (SSSR count). The average molecular weight is 330 g/mol. The SMILES string of the molecule is COC1CN(c2c(Br)cncc2[N+](=O)[O-])CCC1C. The van der Waals surface area contributed by atoms with E-state index in [0.717, 1.165) is 13.0 Å². The van der Waals surface area contributed by atoms with Gasteiger partial charge in [0.05, 0.1) is 15.5 Å². The summed E-state index contributed by atoms with van der Waals surface area (Å²) in [6, 6.07) is 0. The summed E-state index contributed by atoms with van der Waals surface area (Å²) in [4.78, 5) is 16.6. The molecule has 2 unspecified atom stereocenters. The van der Waals surface area contributed by atoms with E-state index in [0.29, 0.717) is 22.6 Å². The first-order valence-corrected chi connectivity index (χ1v) is 6.89. The molecule has 19 heavy (non-hydrogen) atoms. The maximum absolute atomic E-state index is 11.1. The summed E-state index contributed by atoms with van der Waals surface area (Å²) in [7, 11) is 1.68. The Morgan fingerprint density at radius 2 is 2.32 bits per heavy atom. The number of piperidine rings is 1. The second-order valence-electron chi connectivity index (χ2n) is 4.73. The van der Waals surface area contributed by atoms with Crippen LogP contribution in [0.3, 0.4) is 0 Å². The first kappa shape index (κ1) is 14.2. The highest BCUT2D eigenvalue weighted by Gasteiger charge is 2.31. The summed E-state index contributed by atoms with van der Waals surface area (Å²) in [5.74, 6) is 0.459. The highest BCUT2D eigenvalue weighted by molar-refractivity contribution is 9.10. The number of pyridine rings is 1. The van der Waals surface area contributed by atoms with E-state index in [1.165, 1.54) is 6.20 Å². The van der Waals surface area contributed by atoms with Crippen LogP contribution in [0.4, 0.5) is 11.4 Å². The van der Waals surface area contributed by atoms with Gasteiger partial charge in [0.15, 0.2) is 0 Å². The molecule has 0 spiro atoms. The highest BCUT2D eigenvalue weighted by atomic mass is 79.9. The first-order chi connectivity index (χ1) is 9.04. The van der Waals surface area contributed by atoms with Crippen LogP contribution < -0.4 is 4.90 Å². The molecule has 1 saturated heterocycles. The van der Waals surface area contributed by atoms with E-state index in [1.54, 1.807) is 13.3 Å². The Morgan fingerprint density at radius 3 is 2.95 bits per heavy atom. The van der Waals surface area contributed by atoms with Gasteiger partial charge in [0.2, 0.25) is 0 Å². The summed E-state index contributed by atoms with van der Waals surface area (Å²) in [6.45, 7) is 3.58. The number of ether oxygens (including phenoxy) is 1. The van der Waals surface area contributed by atoms with Crippen LogP contribution in [-0.2, 0) is 4.74 Å². The van der Waals surface area contributed by atoms with Crippen LogP contribution in [0.15, 0.2) is 16.9 Å². The molecule has 0 amide bonds. The lowest BCUT2D eigenvalue weighted by atomic mass is 9.95. The van der Waals surface area contributed by atoms with Crippen molar-refractivity contribution in [1.82, 2.24) is 4.98 Å². The highest BCUT2D eigenvalue weighted by Crippen LogP contribution is 2.37. The minimum absolute atomic E-state index is 0.0266. The van der Waals surface area contributed by atoms with Crippen LogP contribution in [0.25, 0.3) is 0 Å². The number of hydrogen-bond donors (Lipinski definition) is 0. The minimum Gasteiger partial charge on any atom is -0.379 e. The zero-order chi connectivity index (χ0) is 14.0. The normalized spacial score (nSPS) is 23.4. The summed E-state index contributed by atoms with van der Waals surface area (Å²) >= 11 is 3.36. The van der Waals surface area contributed by atoms with Crippen molar-refractivity contribution in [3.8, 4) is 0 Å². The van der Waals surface area contributed by atoms with Crippen LogP contribution in [0.5, 0.6) is 0 Å². The van der Waals surface area contributed by atoms with Crippen molar-refractivity contribution in [2.75, 3.05) is 25.1 Å². The molecule has 0 aliphatic carbocycles. The maximum atomic E-state index is 11.1. The third kappa shape index (κ3) is 2.87. The summed E-state index contributed by atoms with van der Waals surface area (Å²) in [5.41, 5.74) is 0.618. The van der Waals surface area contributed by atoms with Crippen molar-refractivity contribution in [2.45, 2.75) is 19.4 Å². The molecule has 1 fully saturated rings. The van der Waals surface area contributed by atoms with Crippen molar-refractivity contribution in [1.29, 1.82) is 0 Å². The predicted octanol–water partition coefficient (Wildman–Crippen LogP) is 2.61. The lowest BCUT2D eigenvalue weighted by Crippen LogP contribution is -2.44. The molecule has 7 heteroatoms. The van der Waals surface area contributed by atoms with E-state index in [2.05, 4.69) is 27.8 Å². The molecule has 2 atom stereocenters. The Bertz CT molecular complexity index is 483. The first-order valence-electron chi connectivity index (χ1n) is 6.10. The monoisotopic (exact) mass is 329 g/mol. The molecule has 1 aliphatic rings. The molecular weight excluding hydrogens is 314 g/mol. The second kappa shape index (κ2) is 5.83. The fraction of sp³-hybridized carbons (Fsp3) is 0.583. The van der Waals surface area contributed by atoms with Gasteiger partial charge in [-0.25, -0.2) is 0 Å². The Balaban J connectivity index is 2.34. The van der Waals surface area contributed by atoms with E-state index >= 15 is 0 Å². The van der Waals surface area contributed by atoms with E-state index in [1.807, 2.05) is 4.90 Å². The van der Waals surface area contributed by atoms with Gasteiger partial charge in [-0.1, -0.05) is 6.92 Å². The number of rotatable bonds is 3. The molecular formula is C12H16BrN3O3. The third-order valence-electron chi connectivity index (χ3n) is 3.56. The predicted molar refractivity (Wildman–Crippen MR) is 75.4 cm³/mol. The molecule has 2 heterocycles. The number of nitrogens with zero attached hydrogens (tertiary/aromatic N) is 3. The quantitative estimate of drug-likeness (QED) is 0.629. The fourth-order valence-electron chi connectivity index (χ4n) is 2.41. The van der Waals surface area contributed by atoms with Crippen LogP contribution in [-0.4, -0.2) is 36.2 Å². The molecule has 0 aromatic carbocycles. The van der Waals surface area contributed by atoms with Gasteiger partial charge >= 0.3 is 5.69 Å². The second-order valence-corrected chi connectivity index (χ2v) is 5.59. The van der Waals surface area contributed by atoms with Gasteiger partial charge in [-0.2, -0.15) is 0 Å². The molecule has 0 N–H and O–H groups in total. The van der Waals surface area contributed by atoms with Crippen molar-refractivity contribution < 1.29 is 9.66 Å². The molecule has 1 aromatic rings. The van der Waals surface area contributed by atoms with Crippen LogP contribution in [0.2, 0.25) is 0 Å². The van der Waals surface area contributed by atoms with Crippen LogP contribution >= 0.6 is 15.9 Å². The van der Waals surface area contributed by atoms with E-state index in [4.69, 9.17) is 4.74 Å². The van der Waals surface area contributed by atoms with Crippen molar-refractivity contribution >= 4 is 27.3 Å². The van der Waals surface area contributed by atoms with Crippen LogP contribution in [0, 0.1) is 16.0 Å². The van der Waals surface area contributed by atoms with Crippen molar-refractivity contribution in [3.63, 3.8) is 0 Å². The number of halogens is 1. The average Bonchev–Trinajstić information content (AvgIpc) is 2.39. The lowest BCUT2D eigenvalue weighted by molar-refractivity contribution is -0.384. The Labute approximate surface area is 120 Å². The number of hydrogen-bond acceptors (Lipinski definition) is 5. The third-order valence-corrected chi connectivity index (χ3v) is 4.14. The van der Waals surface area contributed by atoms with Crippen molar-refractivity contribution in [3.05, 3.63) is 27.0 Å². The van der Waals surface area contributed by atoms with Gasteiger partial charge in [-0.15, -0.1) is 0 Å². The van der Waals surface area contributed by atoms with Gasteiger partial charge in [0, 0.05) is 26.4 Å². The van der Waals surface area contributed by atoms with Crippen molar-refractivity contribution in [2.24, 2.45) is 5.92 Å². The van der Waals surface area contributed by atoms with Gasteiger partial charge < -0.3 is 9.64 Å². The number of nitro groups is 1. The maximum Gasteiger partial charge on any atom is 0.311 e. The molecule has 6 nitrogen and oxygen atoms in total.